The second-order valence-corrected chi connectivity index (χ2v) is 3.87. The van der Waals surface area contributed by atoms with Gasteiger partial charge in [-0.25, -0.2) is 9.59 Å². The highest BCUT2D eigenvalue weighted by Crippen LogP contribution is 2.33. The van der Waals surface area contributed by atoms with Crippen LogP contribution in [-0.2, 0) is 19.1 Å². The number of hydrogen-bond donors (Lipinski definition) is 2. The molecule has 0 amide bonds. The van der Waals surface area contributed by atoms with E-state index in [-0.39, 0.29) is 0 Å². The number of rotatable bonds is 6. The molecule has 0 fully saturated rings. The van der Waals surface area contributed by atoms with E-state index in [2.05, 4.69) is 22.6 Å². The highest BCUT2D eigenvalue weighted by Gasteiger charge is 2.51. The summed E-state index contributed by atoms with van der Waals surface area (Å²) < 4.78 is 9.13. The molecule has 0 aliphatic heterocycles. The summed E-state index contributed by atoms with van der Waals surface area (Å²) in [5.41, 5.74) is -1.41. The molecule has 96 valence electrons. The summed E-state index contributed by atoms with van der Waals surface area (Å²) in [6.45, 7) is 8.40. The number of aliphatic hydroxyl groups is 2. The van der Waals surface area contributed by atoms with E-state index in [0.29, 0.717) is 0 Å². The van der Waals surface area contributed by atoms with Crippen molar-refractivity contribution in [2.75, 3.05) is 6.61 Å². The largest absolute Gasteiger partial charge is 0.395 e. The van der Waals surface area contributed by atoms with Gasteiger partial charge in [0.1, 0.15) is 0 Å². The normalized spacial score (nSPS) is 11.5. The molecule has 0 radical (unpaired) electrons. The smallest absolute Gasteiger partial charge is 0.381 e. The number of esters is 2. The van der Waals surface area contributed by atoms with Crippen molar-refractivity contribution in [3.05, 3.63) is 25.3 Å². The molecule has 6 heteroatoms. The van der Waals surface area contributed by atoms with E-state index < -0.39 is 29.9 Å². The van der Waals surface area contributed by atoms with Crippen LogP contribution in [0.25, 0.3) is 0 Å². The first-order chi connectivity index (χ1) is 7.72. The minimum absolute atomic E-state index is 0.585. The Morgan fingerprint density at radius 3 is 1.76 bits per heavy atom. The van der Waals surface area contributed by atoms with Crippen molar-refractivity contribution < 1.29 is 29.3 Å². The Labute approximate surface area is 99.1 Å². The second-order valence-electron chi connectivity index (χ2n) is 3.87. The zero-order chi connectivity index (χ0) is 13.7. The van der Waals surface area contributed by atoms with Crippen molar-refractivity contribution in [3.8, 4) is 0 Å². The fraction of sp³-hybridized carbons (Fsp3) is 0.455. The lowest BCUT2D eigenvalue weighted by molar-refractivity contribution is -0.372. The summed E-state index contributed by atoms with van der Waals surface area (Å²) in [5.74, 6) is -4.59. The van der Waals surface area contributed by atoms with E-state index in [1.54, 1.807) is 0 Å². The highest BCUT2D eigenvalue weighted by atomic mass is 16.8. The Morgan fingerprint density at radius 2 is 1.53 bits per heavy atom. The van der Waals surface area contributed by atoms with Gasteiger partial charge in [-0.05, 0) is 13.8 Å². The van der Waals surface area contributed by atoms with Crippen molar-refractivity contribution >= 4 is 11.9 Å². The van der Waals surface area contributed by atoms with Gasteiger partial charge in [0.15, 0.2) is 0 Å². The maximum Gasteiger partial charge on any atom is 0.381 e. The van der Waals surface area contributed by atoms with Crippen LogP contribution >= 0.6 is 0 Å². The molecule has 0 aliphatic rings. The third-order valence-corrected chi connectivity index (χ3v) is 2.06. The van der Waals surface area contributed by atoms with Gasteiger partial charge in [0, 0.05) is 12.2 Å². The number of ether oxygens (including phenoxy) is 2. The molecule has 0 unspecified atom stereocenters. The maximum absolute atomic E-state index is 11.1. The summed E-state index contributed by atoms with van der Waals surface area (Å²) in [4.78, 5) is 22.1. The molecular formula is C11H16O6. The van der Waals surface area contributed by atoms with Gasteiger partial charge in [0.05, 0.1) is 12.0 Å². The molecular weight excluding hydrogens is 228 g/mol. The van der Waals surface area contributed by atoms with Gasteiger partial charge in [-0.15, -0.1) is 0 Å². The zero-order valence-corrected chi connectivity index (χ0v) is 9.80. The summed E-state index contributed by atoms with van der Waals surface area (Å²) in [5, 5.41) is 19.1. The van der Waals surface area contributed by atoms with Crippen LogP contribution in [0.15, 0.2) is 25.3 Å². The average Bonchev–Trinajstić information content (AvgIpc) is 2.28. The Kier molecular flexibility index (Phi) is 5.06. The first-order valence-corrected chi connectivity index (χ1v) is 4.76. The molecule has 2 N–H and O–H groups in total. The van der Waals surface area contributed by atoms with Crippen LogP contribution < -0.4 is 0 Å². The fourth-order valence-electron chi connectivity index (χ4n) is 0.753. The van der Waals surface area contributed by atoms with Crippen LogP contribution in [0.4, 0.5) is 0 Å². The quantitative estimate of drug-likeness (QED) is 0.391. The lowest BCUT2D eigenvalue weighted by Gasteiger charge is -2.37. The van der Waals surface area contributed by atoms with Gasteiger partial charge in [-0.3, -0.25) is 0 Å². The van der Waals surface area contributed by atoms with E-state index in [1.165, 1.54) is 13.8 Å². The predicted octanol–water partition coefficient (Wildman–Crippen LogP) is 0.109. The standard InChI is InChI=1S/C11H16O6/c1-5-8(13)16-11(15,10(3,4)7-12)17-9(14)6-2/h5-6,12,15H,1-2,7H2,3-4H3. The summed E-state index contributed by atoms with van der Waals surface area (Å²) in [7, 11) is 0. The first kappa shape index (κ1) is 15.3. The van der Waals surface area contributed by atoms with Crippen molar-refractivity contribution in [2.24, 2.45) is 5.41 Å². The van der Waals surface area contributed by atoms with Crippen molar-refractivity contribution in [1.82, 2.24) is 0 Å². The monoisotopic (exact) mass is 244 g/mol. The van der Waals surface area contributed by atoms with Gasteiger partial charge in [-0.2, -0.15) is 0 Å². The Bertz CT molecular complexity index is 309. The van der Waals surface area contributed by atoms with Gasteiger partial charge >= 0.3 is 17.9 Å². The fourth-order valence-corrected chi connectivity index (χ4v) is 0.753. The van der Waals surface area contributed by atoms with Gasteiger partial charge in [0.25, 0.3) is 0 Å². The molecule has 17 heavy (non-hydrogen) atoms. The molecule has 0 spiro atoms. The molecule has 0 aromatic heterocycles. The Morgan fingerprint density at radius 1 is 1.18 bits per heavy atom. The summed E-state index contributed by atoms with van der Waals surface area (Å²) in [6.07, 6.45) is 1.58. The van der Waals surface area contributed by atoms with Gasteiger partial charge in [-0.1, -0.05) is 13.2 Å². The van der Waals surface area contributed by atoms with Crippen LogP contribution in [-0.4, -0.2) is 34.7 Å². The molecule has 0 bridgehead atoms. The SMILES string of the molecule is C=CC(=O)OC(O)(OC(=O)C=C)C(C)(C)CO. The van der Waals surface area contributed by atoms with E-state index in [9.17, 15) is 14.7 Å². The van der Waals surface area contributed by atoms with E-state index >= 15 is 0 Å². The Hall–Kier alpha value is -1.66. The number of aliphatic hydroxyl groups excluding tert-OH is 1. The minimum atomic E-state index is -2.60. The van der Waals surface area contributed by atoms with E-state index in [0.717, 1.165) is 12.2 Å². The van der Waals surface area contributed by atoms with Crippen LogP contribution in [0.3, 0.4) is 0 Å². The molecule has 0 saturated carbocycles. The summed E-state index contributed by atoms with van der Waals surface area (Å²) in [6, 6.07) is 0. The maximum atomic E-state index is 11.1. The average molecular weight is 244 g/mol. The molecule has 0 aromatic rings. The minimum Gasteiger partial charge on any atom is -0.395 e. The third kappa shape index (κ3) is 3.69. The molecule has 0 heterocycles. The van der Waals surface area contributed by atoms with Gasteiger partial charge < -0.3 is 19.7 Å². The first-order valence-electron chi connectivity index (χ1n) is 4.76. The molecule has 0 saturated heterocycles. The number of carbonyl (C=O) groups excluding carboxylic acids is 2. The molecule has 6 nitrogen and oxygen atoms in total. The molecule has 0 atom stereocenters. The number of carbonyl (C=O) groups is 2. The number of hydrogen-bond acceptors (Lipinski definition) is 6. The zero-order valence-electron chi connectivity index (χ0n) is 9.80. The predicted molar refractivity (Wildman–Crippen MR) is 58.4 cm³/mol. The van der Waals surface area contributed by atoms with Crippen molar-refractivity contribution in [1.29, 1.82) is 0 Å². The highest BCUT2D eigenvalue weighted by molar-refractivity contribution is 5.83. The molecule has 0 rings (SSSR count). The Balaban J connectivity index is 5.19. The molecule has 0 aromatic carbocycles. The lowest BCUT2D eigenvalue weighted by Crippen LogP contribution is -2.53. The summed E-state index contributed by atoms with van der Waals surface area (Å²) >= 11 is 0. The van der Waals surface area contributed by atoms with Crippen molar-refractivity contribution in [2.45, 2.75) is 19.8 Å². The molecule has 0 aliphatic carbocycles. The van der Waals surface area contributed by atoms with Crippen LogP contribution in [0.1, 0.15) is 13.8 Å². The topological polar surface area (TPSA) is 93.1 Å². The van der Waals surface area contributed by atoms with Crippen LogP contribution in [0.2, 0.25) is 0 Å². The van der Waals surface area contributed by atoms with Crippen molar-refractivity contribution in [3.63, 3.8) is 0 Å². The van der Waals surface area contributed by atoms with E-state index in [1.807, 2.05) is 0 Å². The van der Waals surface area contributed by atoms with Crippen LogP contribution in [0.5, 0.6) is 0 Å². The van der Waals surface area contributed by atoms with Crippen LogP contribution in [0, 0.1) is 5.41 Å². The third-order valence-electron chi connectivity index (χ3n) is 2.06. The lowest BCUT2D eigenvalue weighted by atomic mass is 9.91. The van der Waals surface area contributed by atoms with Gasteiger partial charge in [0.2, 0.25) is 0 Å². The van der Waals surface area contributed by atoms with E-state index in [4.69, 9.17) is 5.11 Å². The second kappa shape index (κ2) is 5.60.